The minimum atomic E-state index is -0.257. The fraction of sp³-hybridized carbons (Fsp3) is 0.500. The summed E-state index contributed by atoms with van der Waals surface area (Å²) in [5, 5.41) is 9.42. The van der Waals surface area contributed by atoms with Gasteiger partial charge in [-0.25, -0.2) is 0 Å². The van der Waals surface area contributed by atoms with Crippen molar-refractivity contribution >= 4 is 5.97 Å². The van der Waals surface area contributed by atoms with Gasteiger partial charge in [0.15, 0.2) is 0 Å². The molecule has 0 heterocycles. The predicted molar refractivity (Wildman–Crippen MR) is 67.3 cm³/mol. The van der Waals surface area contributed by atoms with E-state index < -0.39 is 0 Å². The van der Waals surface area contributed by atoms with Gasteiger partial charge in [0.25, 0.3) is 0 Å². The molecule has 0 saturated heterocycles. The lowest BCUT2D eigenvalue weighted by atomic mass is 10.0. The van der Waals surface area contributed by atoms with Crippen LogP contribution in [-0.2, 0) is 4.79 Å². The Bertz CT molecular complexity index is 394. The van der Waals surface area contributed by atoms with Gasteiger partial charge in [-0.2, -0.15) is 0 Å². The smallest absolute Gasteiger partial charge is 0.311 e. The molecule has 0 aliphatic carbocycles. The summed E-state index contributed by atoms with van der Waals surface area (Å²) in [5.41, 5.74) is 0.930. The zero-order valence-electron chi connectivity index (χ0n) is 10.9. The van der Waals surface area contributed by atoms with E-state index in [0.29, 0.717) is 12.2 Å². The molecule has 0 unspecified atom stereocenters. The molecule has 17 heavy (non-hydrogen) atoms. The van der Waals surface area contributed by atoms with Crippen LogP contribution < -0.4 is 4.74 Å². The molecule has 1 N–H and O–H groups in total. The summed E-state index contributed by atoms with van der Waals surface area (Å²) in [5.74, 6) is 0.833. The number of carbonyl (C=O) groups excluding carboxylic acids is 1. The number of ether oxygens (including phenoxy) is 1. The molecule has 0 amide bonds. The molecule has 3 nitrogen and oxygen atoms in total. The molecule has 94 valence electrons. The first-order chi connectivity index (χ1) is 7.90. The summed E-state index contributed by atoms with van der Waals surface area (Å²) in [6, 6.07) is 4.89. The normalized spacial score (nSPS) is 10.9. The number of phenols is 1. The van der Waals surface area contributed by atoms with Crippen LogP contribution in [0.3, 0.4) is 0 Å². The molecule has 0 aliphatic heterocycles. The number of carbonyl (C=O) groups is 1. The number of phenolic OH excluding ortho intramolecular Hbond substituents is 1. The Morgan fingerprint density at radius 1 is 1.29 bits per heavy atom. The van der Waals surface area contributed by atoms with E-state index in [1.807, 2.05) is 27.7 Å². The molecule has 1 aromatic carbocycles. The van der Waals surface area contributed by atoms with Gasteiger partial charge < -0.3 is 9.84 Å². The van der Waals surface area contributed by atoms with E-state index in [2.05, 4.69) is 0 Å². The first kappa shape index (κ1) is 13.6. The van der Waals surface area contributed by atoms with Crippen molar-refractivity contribution in [3.05, 3.63) is 23.8 Å². The highest BCUT2D eigenvalue weighted by atomic mass is 16.5. The van der Waals surface area contributed by atoms with Crippen molar-refractivity contribution in [3.63, 3.8) is 0 Å². The molecule has 0 saturated carbocycles. The summed E-state index contributed by atoms with van der Waals surface area (Å²) in [6.07, 6.45) is 0.382. The van der Waals surface area contributed by atoms with Crippen LogP contribution in [0.2, 0.25) is 0 Å². The predicted octanol–water partition coefficient (Wildman–Crippen LogP) is 3.47. The molecule has 0 bridgehead atoms. The SMILES string of the molecule is CC(C)CC(=O)Oc1cc(O)ccc1C(C)C. The van der Waals surface area contributed by atoms with Gasteiger partial charge in [0.05, 0.1) is 0 Å². The first-order valence-corrected chi connectivity index (χ1v) is 5.93. The molecule has 0 fully saturated rings. The molecule has 1 rings (SSSR count). The third-order valence-corrected chi connectivity index (χ3v) is 2.42. The quantitative estimate of drug-likeness (QED) is 0.643. The summed E-state index contributed by atoms with van der Waals surface area (Å²) < 4.78 is 5.30. The largest absolute Gasteiger partial charge is 0.508 e. The van der Waals surface area contributed by atoms with Gasteiger partial charge in [0.1, 0.15) is 11.5 Å². The Morgan fingerprint density at radius 2 is 1.94 bits per heavy atom. The van der Waals surface area contributed by atoms with Crippen LogP contribution in [-0.4, -0.2) is 11.1 Å². The Morgan fingerprint density at radius 3 is 2.47 bits per heavy atom. The minimum absolute atomic E-state index is 0.113. The van der Waals surface area contributed by atoms with Crippen molar-refractivity contribution in [1.29, 1.82) is 0 Å². The second kappa shape index (κ2) is 5.71. The molecular weight excluding hydrogens is 216 g/mol. The number of aromatic hydroxyl groups is 1. The standard InChI is InChI=1S/C14H20O3/c1-9(2)7-14(16)17-13-8-11(15)5-6-12(13)10(3)4/h5-6,8-10,15H,7H2,1-4H3. The van der Waals surface area contributed by atoms with E-state index in [1.54, 1.807) is 12.1 Å². The van der Waals surface area contributed by atoms with Gasteiger partial charge >= 0.3 is 5.97 Å². The maximum atomic E-state index is 11.6. The maximum Gasteiger partial charge on any atom is 0.311 e. The fourth-order valence-corrected chi connectivity index (χ4v) is 1.59. The average molecular weight is 236 g/mol. The van der Waals surface area contributed by atoms with E-state index >= 15 is 0 Å². The molecule has 0 spiro atoms. The average Bonchev–Trinajstić information content (AvgIpc) is 2.15. The van der Waals surface area contributed by atoms with Crippen molar-refractivity contribution in [2.45, 2.75) is 40.0 Å². The second-order valence-corrected chi connectivity index (χ2v) is 4.95. The van der Waals surface area contributed by atoms with Gasteiger partial charge in [-0.05, 0) is 23.5 Å². The number of benzene rings is 1. The van der Waals surface area contributed by atoms with Gasteiger partial charge in [-0.1, -0.05) is 33.8 Å². The maximum absolute atomic E-state index is 11.6. The fourth-order valence-electron chi connectivity index (χ4n) is 1.59. The second-order valence-electron chi connectivity index (χ2n) is 4.95. The molecule has 0 radical (unpaired) electrons. The number of hydrogen-bond acceptors (Lipinski definition) is 3. The molecule has 3 heteroatoms. The third kappa shape index (κ3) is 4.10. The lowest BCUT2D eigenvalue weighted by molar-refractivity contribution is -0.135. The van der Waals surface area contributed by atoms with E-state index in [0.717, 1.165) is 5.56 Å². The monoisotopic (exact) mass is 236 g/mol. The lowest BCUT2D eigenvalue weighted by Gasteiger charge is -2.13. The number of rotatable bonds is 4. The zero-order chi connectivity index (χ0) is 13.0. The van der Waals surface area contributed by atoms with Crippen LogP contribution in [0, 0.1) is 5.92 Å². The van der Waals surface area contributed by atoms with E-state index in [9.17, 15) is 9.90 Å². The molecular formula is C14H20O3. The van der Waals surface area contributed by atoms with Crippen molar-refractivity contribution in [2.75, 3.05) is 0 Å². The summed E-state index contributed by atoms with van der Waals surface area (Å²) in [6.45, 7) is 7.97. The summed E-state index contributed by atoms with van der Waals surface area (Å²) in [4.78, 5) is 11.6. The van der Waals surface area contributed by atoms with Crippen molar-refractivity contribution in [3.8, 4) is 11.5 Å². The highest BCUT2D eigenvalue weighted by Gasteiger charge is 2.13. The third-order valence-electron chi connectivity index (χ3n) is 2.42. The highest BCUT2D eigenvalue weighted by molar-refractivity contribution is 5.73. The molecule has 0 aromatic heterocycles. The Hall–Kier alpha value is -1.51. The van der Waals surface area contributed by atoms with Crippen molar-refractivity contribution in [2.24, 2.45) is 5.92 Å². The summed E-state index contributed by atoms with van der Waals surface area (Å²) >= 11 is 0. The van der Waals surface area contributed by atoms with Gasteiger partial charge in [0, 0.05) is 12.5 Å². The topological polar surface area (TPSA) is 46.5 Å². The molecule has 0 atom stereocenters. The minimum Gasteiger partial charge on any atom is -0.508 e. The van der Waals surface area contributed by atoms with E-state index in [-0.39, 0.29) is 23.6 Å². The van der Waals surface area contributed by atoms with Crippen LogP contribution in [0.25, 0.3) is 0 Å². The Kier molecular flexibility index (Phi) is 4.55. The van der Waals surface area contributed by atoms with Gasteiger partial charge in [0.2, 0.25) is 0 Å². The van der Waals surface area contributed by atoms with Crippen molar-refractivity contribution in [1.82, 2.24) is 0 Å². The highest BCUT2D eigenvalue weighted by Crippen LogP contribution is 2.30. The lowest BCUT2D eigenvalue weighted by Crippen LogP contribution is -2.12. The number of hydrogen-bond donors (Lipinski definition) is 1. The first-order valence-electron chi connectivity index (χ1n) is 5.93. The van der Waals surface area contributed by atoms with Crippen LogP contribution in [0.15, 0.2) is 18.2 Å². The van der Waals surface area contributed by atoms with Crippen LogP contribution in [0.1, 0.15) is 45.6 Å². The van der Waals surface area contributed by atoms with Crippen molar-refractivity contribution < 1.29 is 14.6 Å². The Balaban J connectivity index is 2.88. The Labute approximate surface area is 102 Å². The zero-order valence-corrected chi connectivity index (χ0v) is 10.9. The van der Waals surface area contributed by atoms with Gasteiger partial charge in [-0.3, -0.25) is 4.79 Å². The van der Waals surface area contributed by atoms with Crippen LogP contribution in [0.4, 0.5) is 0 Å². The van der Waals surface area contributed by atoms with Crippen LogP contribution in [0.5, 0.6) is 11.5 Å². The molecule has 0 aliphatic rings. The van der Waals surface area contributed by atoms with E-state index in [4.69, 9.17) is 4.74 Å². The summed E-state index contributed by atoms with van der Waals surface area (Å²) in [7, 11) is 0. The number of esters is 1. The van der Waals surface area contributed by atoms with Gasteiger partial charge in [-0.15, -0.1) is 0 Å². The molecule has 1 aromatic rings. The van der Waals surface area contributed by atoms with Crippen LogP contribution >= 0.6 is 0 Å². The van der Waals surface area contributed by atoms with E-state index in [1.165, 1.54) is 6.07 Å².